The number of hydrogen-bond donors (Lipinski definition) is 0. The van der Waals surface area contributed by atoms with Crippen molar-refractivity contribution in [1.29, 1.82) is 0 Å². The van der Waals surface area contributed by atoms with Crippen LogP contribution in [0.3, 0.4) is 0 Å². The van der Waals surface area contributed by atoms with Crippen molar-refractivity contribution in [1.82, 2.24) is 0 Å². The summed E-state index contributed by atoms with van der Waals surface area (Å²) in [5.74, 6) is 0. The van der Waals surface area contributed by atoms with E-state index in [1.54, 1.807) is 0 Å². The summed E-state index contributed by atoms with van der Waals surface area (Å²) in [6.07, 6.45) is 0. The minimum atomic E-state index is -0.0407. The molecule has 0 fully saturated rings. The highest BCUT2D eigenvalue weighted by molar-refractivity contribution is 7.25. The molecule has 246 valence electrons. The molecule has 2 aromatic heterocycles. The van der Waals surface area contributed by atoms with E-state index < -0.39 is 0 Å². The van der Waals surface area contributed by atoms with Crippen molar-refractivity contribution in [2.75, 3.05) is 4.90 Å². The highest BCUT2D eigenvalue weighted by Gasteiger charge is 2.35. The summed E-state index contributed by atoms with van der Waals surface area (Å²) in [5.41, 5.74) is 12.9. The number of furan rings is 1. The van der Waals surface area contributed by atoms with Gasteiger partial charge in [-0.15, -0.1) is 11.3 Å². The van der Waals surface area contributed by atoms with Gasteiger partial charge in [-0.3, -0.25) is 0 Å². The van der Waals surface area contributed by atoms with Crippen LogP contribution in [0.5, 0.6) is 0 Å². The number of thiophene rings is 1. The first-order chi connectivity index (χ1) is 25.5. The van der Waals surface area contributed by atoms with E-state index >= 15 is 0 Å². The van der Waals surface area contributed by atoms with E-state index in [4.69, 9.17) is 4.42 Å². The minimum Gasteiger partial charge on any atom is -0.456 e. The molecule has 0 N–H and O–H groups in total. The van der Waals surface area contributed by atoms with Gasteiger partial charge in [-0.25, -0.2) is 0 Å². The van der Waals surface area contributed by atoms with Gasteiger partial charge in [0.15, 0.2) is 0 Å². The first kappa shape index (κ1) is 29.6. The summed E-state index contributed by atoms with van der Waals surface area (Å²) < 4.78 is 9.03. The van der Waals surface area contributed by atoms with Crippen LogP contribution in [0.1, 0.15) is 25.0 Å². The van der Waals surface area contributed by atoms with E-state index in [1.807, 2.05) is 11.3 Å². The fourth-order valence-electron chi connectivity index (χ4n) is 8.68. The molecule has 0 amide bonds. The molecule has 3 heteroatoms. The second-order valence-electron chi connectivity index (χ2n) is 14.5. The quantitative estimate of drug-likeness (QED) is 0.184. The molecule has 0 bridgehead atoms. The number of nitrogens with zero attached hydrogens (tertiary/aromatic N) is 1. The van der Waals surface area contributed by atoms with E-state index in [1.165, 1.54) is 58.6 Å². The van der Waals surface area contributed by atoms with Crippen LogP contribution in [-0.2, 0) is 5.41 Å². The van der Waals surface area contributed by atoms with Gasteiger partial charge in [-0.1, -0.05) is 117 Å². The summed E-state index contributed by atoms with van der Waals surface area (Å²) in [4.78, 5) is 2.41. The molecule has 0 aliphatic heterocycles. The van der Waals surface area contributed by atoms with Gasteiger partial charge < -0.3 is 9.32 Å². The van der Waals surface area contributed by atoms with Crippen LogP contribution < -0.4 is 4.90 Å². The second-order valence-corrected chi connectivity index (χ2v) is 15.6. The van der Waals surface area contributed by atoms with Gasteiger partial charge >= 0.3 is 0 Å². The highest BCUT2D eigenvalue weighted by Crippen LogP contribution is 2.51. The molecule has 1 aliphatic carbocycles. The Hall–Kier alpha value is -6.16. The zero-order chi connectivity index (χ0) is 34.6. The monoisotopic (exact) mass is 683 g/mol. The van der Waals surface area contributed by atoms with Crippen LogP contribution >= 0.6 is 11.3 Å². The molecule has 52 heavy (non-hydrogen) atoms. The lowest BCUT2D eigenvalue weighted by molar-refractivity contribution is 0.660. The maximum absolute atomic E-state index is 6.43. The maximum atomic E-state index is 6.43. The molecule has 0 atom stereocenters. The van der Waals surface area contributed by atoms with Gasteiger partial charge in [0.05, 0.1) is 0 Å². The van der Waals surface area contributed by atoms with Crippen LogP contribution in [-0.4, -0.2) is 0 Å². The van der Waals surface area contributed by atoms with Crippen molar-refractivity contribution in [3.05, 3.63) is 175 Å². The zero-order valence-corrected chi connectivity index (χ0v) is 29.7. The summed E-state index contributed by atoms with van der Waals surface area (Å²) >= 11 is 1.86. The van der Waals surface area contributed by atoms with E-state index in [9.17, 15) is 0 Å². The molecule has 0 saturated carbocycles. The van der Waals surface area contributed by atoms with E-state index in [2.05, 4.69) is 183 Å². The molecule has 0 spiro atoms. The smallest absolute Gasteiger partial charge is 0.136 e. The van der Waals surface area contributed by atoms with Crippen molar-refractivity contribution in [3.8, 4) is 22.3 Å². The van der Waals surface area contributed by atoms with Gasteiger partial charge in [-0.05, 0) is 105 Å². The van der Waals surface area contributed by atoms with Gasteiger partial charge in [0, 0.05) is 53.4 Å². The molecular weight excluding hydrogens is 651 g/mol. The Morgan fingerprint density at radius 1 is 0.462 bits per heavy atom. The Morgan fingerprint density at radius 3 is 2.04 bits per heavy atom. The molecule has 2 heterocycles. The number of hydrogen-bond acceptors (Lipinski definition) is 3. The van der Waals surface area contributed by atoms with Crippen LogP contribution in [0.2, 0.25) is 0 Å². The Morgan fingerprint density at radius 2 is 1.13 bits per heavy atom. The SMILES string of the molecule is CC1(C)c2ccccc2-c2cc(N(c3ccc(-c4ccc5c(c4)oc4ccc6ccccc6c45)cc3)c3ccc4c(c3)sc3ccccc34)ccc21. The fourth-order valence-corrected chi connectivity index (χ4v) is 9.82. The van der Waals surface area contributed by atoms with Crippen molar-refractivity contribution in [2.24, 2.45) is 0 Å². The van der Waals surface area contributed by atoms with Crippen LogP contribution in [0, 0.1) is 0 Å². The number of anilines is 3. The Balaban J connectivity index is 1.04. The van der Waals surface area contributed by atoms with E-state index in [0.717, 1.165) is 44.7 Å². The lowest BCUT2D eigenvalue weighted by atomic mass is 9.82. The fraction of sp³-hybridized carbons (Fsp3) is 0.0612. The predicted octanol–water partition coefficient (Wildman–Crippen LogP) is 14.6. The summed E-state index contributed by atoms with van der Waals surface area (Å²) in [6.45, 7) is 4.68. The third-order valence-electron chi connectivity index (χ3n) is 11.3. The number of rotatable bonds is 4. The molecule has 11 rings (SSSR count). The predicted molar refractivity (Wildman–Crippen MR) is 222 cm³/mol. The average molecular weight is 684 g/mol. The summed E-state index contributed by atoms with van der Waals surface area (Å²) in [5, 5.41) is 7.40. The standard InChI is InChI=1S/C49H33NOS/c1-49(2)42-13-7-5-11-37(42)41-28-34(22-25-43(41)49)50(35-21-24-39-38-12-6-8-14-46(38)52-47(39)29-35)33-19-15-30(16-20-33)32-17-23-40-45(27-32)51-44-26-18-31-9-3-4-10-36(31)48(40)44/h3-29H,1-2H3. The van der Waals surface area contributed by atoms with Gasteiger partial charge in [-0.2, -0.15) is 0 Å². The maximum Gasteiger partial charge on any atom is 0.136 e. The van der Waals surface area contributed by atoms with Crippen LogP contribution in [0.25, 0.3) is 75.1 Å². The topological polar surface area (TPSA) is 16.4 Å². The van der Waals surface area contributed by atoms with Crippen LogP contribution in [0.4, 0.5) is 17.1 Å². The summed E-state index contributed by atoms with van der Waals surface area (Å²) in [6, 6.07) is 60.0. The average Bonchev–Trinajstić information content (AvgIpc) is 3.82. The Bertz CT molecular complexity index is 3050. The minimum absolute atomic E-state index is 0.0407. The van der Waals surface area contributed by atoms with Crippen molar-refractivity contribution in [3.63, 3.8) is 0 Å². The molecule has 10 aromatic rings. The molecule has 0 unspecified atom stereocenters. The molecular formula is C49H33NOS. The molecule has 0 saturated heterocycles. The largest absolute Gasteiger partial charge is 0.456 e. The lowest BCUT2D eigenvalue weighted by Crippen LogP contribution is -2.15. The third kappa shape index (κ3) is 4.30. The van der Waals surface area contributed by atoms with Gasteiger partial charge in [0.2, 0.25) is 0 Å². The lowest BCUT2D eigenvalue weighted by Gasteiger charge is -2.27. The highest BCUT2D eigenvalue weighted by atomic mass is 32.1. The van der Waals surface area contributed by atoms with Crippen molar-refractivity contribution < 1.29 is 4.42 Å². The van der Waals surface area contributed by atoms with Gasteiger partial charge in [0.25, 0.3) is 0 Å². The normalized spacial score (nSPS) is 13.3. The Kier molecular flexibility index (Phi) is 6.21. The molecule has 2 nitrogen and oxygen atoms in total. The molecule has 0 radical (unpaired) electrons. The van der Waals surface area contributed by atoms with Crippen molar-refractivity contribution >= 4 is 81.3 Å². The first-order valence-electron chi connectivity index (χ1n) is 17.9. The Labute approximate surface area is 305 Å². The number of fused-ring (bicyclic) bond motifs is 11. The zero-order valence-electron chi connectivity index (χ0n) is 28.9. The summed E-state index contributed by atoms with van der Waals surface area (Å²) in [7, 11) is 0. The number of benzene rings is 8. The second kappa shape index (κ2) is 10.9. The van der Waals surface area contributed by atoms with Crippen molar-refractivity contribution in [2.45, 2.75) is 19.3 Å². The molecule has 8 aromatic carbocycles. The molecule has 1 aliphatic rings. The van der Waals surface area contributed by atoms with E-state index in [0.29, 0.717) is 0 Å². The third-order valence-corrected chi connectivity index (χ3v) is 12.4. The van der Waals surface area contributed by atoms with Gasteiger partial charge in [0.1, 0.15) is 11.2 Å². The first-order valence-corrected chi connectivity index (χ1v) is 18.7. The van der Waals surface area contributed by atoms with Crippen LogP contribution in [0.15, 0.2) is 168 Å². The van der Waals surface area contributed by atoms with E-state index in [-0.39, 0.29) is 5.41 Å².